The fourth-order valence-corrected chi connectivity index (χ4v) is 3.95. The lowest BCUT2D eigenvalue weighted by atomic mass is 9.98. The molecule has 0 aliphatic heterocycles. The van der Waals surface area contributed by atoms with Crippen molar-refractivity contribution in [3.63, 3.8) is 0 Å². The van der Waals surface area contributed by atoms with Gasteiger partial charge < -0.3 is 21.1 Å². The van der Waals surface area contributed by atoms with Crippen LogP contribution in [-0.2, 0) is 16.1 Å². The van der Waals surface area contributed by atoms with E-state index in [0.29, 0.717) is 22.0 Å². The summed E-state index contributed by atoms with van der Waals surface area (Å²) in [4.78, 5) is 48.5. The number of nitrogens with one attached hydrogen (secondary N) is 4. The van der Waals surface area contributed by atoms with Crippen LogP contribution in [0.15, 0.2) is 66.7 Å². The zero-order valence-corrected chi connectivity index (χ0v) is 19.9. The fraction of sp³-hybridized carbons (Fsp3) is 0.200. The highest BCUT2D eigenvalue weighted by atomic mass is 32.1. The van der Waals surface area contributed by atoms with Crippen molar-refractivity contribution in [2.75, 3.05) is 18.4 Å². The number of carbonyl (C=O) groups excluding carboxylic acids is 3. The molecule has 0 bridgehead atoms. The van der Waals surface area contributed by atoms with Crippen LogP contribution in [0.5, 0.6) is 0 Å². The van der Waals surface area contributed by atoms with E-state index >= 15 is 0 Å². The van der Waals surface area contributed by atoms with Gasteiger partial charge in [0.25, 0.3) is 5.91 Å². The van der Waals surface area contributed by atoms with Crippen molar-refractivity contribution in [1.29, 1.82) is 0 Å². The molecule has 0 aliphatic carbocycles. The maximum Gasteiger partial charge on any atom is 0.320 e. The predicted octanol–water partition coefficient (Wildman–Crippen LogP) is 3.09. The largest absolute Gasteiger partial charge is 0.481 e. The smallest absolute Gasteiger partial charge is 0.320 e. The van der Waals surface area contributed by atoms with Gasteiger partial charge in [-0.05, 0) is 30.2 Å². The number of aliphatic carboxylic acids is 1. The lowest BCUT2D eigenvalue weighted by Gasteiger charge is -2.14. The van der Waals surface area contributed by atoms with Gasteiger partial charge in [0.05, 0.1) is 22.3 Å². The van der Waals surface area contributed by atoms with Gasteiger partial charge in [-0.25, -0.2) is 4.79 Å². The molecule has 35 heavy (non-hydrogen) atoms. The molecule has 0 radical (unpaired) electrons. The second-order valence-corrected chi connectivity index (χ2v) is 8.83. The number of carbonyl (C=O) groups is 4. The highest BCUT2D eigenvalue weighted by Gasteiger charge is 2.21. The number of anilines is 1. The molecule has 182 valence electrons. The minimum atomic E-state index is -1.05. The van der Waals surface area contributed by atoms with Gasteiger partial charge in [-0.3, -0.25) is 19.7 Å². The van der Waals surface area contributed by atoms with E-state index < -0.39 is 29.7 Å². The molecule has 0 spiro atoms. The first-order valence-corrected chi connectivity index (χ1v) is 11.7. The van der Waals surface area contributed by atoms with Crippen LogP contribution in [0.25, 0.3) is 0 Å². The van der Waals surface area contributed by atoms with Crippen LogP contribution in [0.4, 0.5) is 9.80 Å². The van der Waals surface area contributed by atoms with Crippen molar-refractivity contribution in [3.8, 4) is 0 Å². The molecule has 3 aromatic rings. The van der Waals surface area contributed by atoms with E-state index in [-0.39, 0.29) is 13.1 Å². The molecule has 1 unspecified atom stereocenters. The number of aryl methyl sites for hydroxylation is 1. The third-order valence-corrected chi connectivity index (χ3v) is 6.05. The Bertz CT molecular complexity index is 1180. The summed E-state index contributed by atoms with van der Waals surface area (Å²) in [5.41, 5.74) is 2.55. The number of carboxylic acid groups (broad SMARTS) is 1. The first-order chi connectivity index (χ1) is 16.8. The molecule has 2 aromatic carbocycles. The first kappa shape index (κ1) is 25.4. The molecule has 9 nitrogen and oxygen atoms in total. The Morgan fingerprint density at radius 2 is 1.60 bits per heavy atom. The van der Waals surface area contributed by atoms with E-state index in [1.54, 1.807) is 24.3 Å². The molecular weight excluding hydrogens is 468 g/mol. The summed E-state index contributed by atoms with van der Waals surface area (Å²) in [6, 6.07) is 19.2. The predicted molar refractivity (Wildman–Crippen MR) is 134 cm³/mol. The molecule has 4 amide bonds. The number of thiophene rings is 1. The Morgan fingerprint density at radius 3 is 2.29 bits per heavy atom. The van der Waals surface area contributed by atoms with Crippen molar-refractivity contribution in [3.05, 3.63) is 88.3 Å². The minimum absolute atomic E-state index is 0.0989. The second kappa shape index (κ2) is 12.3. The summed E-state index contributed by atoms with van der Waals surface area (Å²) in [7, 11) is 0. The number of hydrogen-bond acceptors (Lipinski definition) is 5. The SMILES string of the molecule is Cc1ccc(C(CNC(=O)CNC(=O)c2ccc(NC(=O)NCc3ccccc3)s2)C(=O)O)cc1. The van der Waals surface area contributed by atoms with Crippen molar-refractivity contribution in [2.24, 2.45) is 0 Å². The molecule has 1 heterocycles. The number of rotatable bonds is 10. The van der Waals surface area contributed by atoms with Gasteiger partial charge in [0.1, 0.15) is 0 Å². The second-order valence-electron chi connectivity index (χ2n) is 7.75. The fourth-order valence-electron chi connectivity index (χ4n) is 3.13. The summed E-state index contributed by atoms with van der Waals surface area (Å²) < 4.78 is 0. The number of carboxylic acids is 1. The van der Waals surface area contributed by atoms with Crippen LogP contribution in [0.1, 0.15) is 32.3 Å². The number of urea groups is 1. The molecule has 10 heteroatoms. The molecule has 0 fully saturated rings. The molecular formula is C25H26N4O5S. The van der Waals surface area contributed by atoms with Gasteiger partial charge in [-0.15, -0.1) is 11.3 Å². The summed E-state index contributed by atoms with van der Waals surface area (Å²) in [5, 5.41) is 20.4. The van der Waals surface area contributed by atoms with Crippen LogP contribution in [0, 0.1) is 6.92 Å². The molecule has 1 atom stereocenters. The number of hydrogen-bond donors (Lipinski definition) is 5. The van der Waals surface area contributed by atoms with E-state index in [1.807, 2.05) is 49.4 Å². The third kappa shape index (κ3) is 7.97. The lowest BCUT2D eigenvalue weighted by Crippen LogP contribution is -2.39. The van der Waals surface area contributed by atoms with Crippen LogP contribution < -0.4 is 21.3 Å². The van der Waals surface area contributed by atoms with Gasteiger partial charge in [0.2, 0.25) is 5.91 Å². The van der Waals surface area contributed by atoms with E-state index in [1.165, 1.54) is 0 Å². The Morgan fingerprint density at radius 1 is 0.886 bits per heavy atom. The zero-order chi connectivity index (χ0) is 25.2. The van der Waals surface area contributed by atoms with E-state index in [9.17, 15) is 24.3 Å². The minimum Gasteiger partial charge on any atom is -0.481 e. The molecule has 0 aliphatic rings. The quantitative estimate of drug-likeness (QED) is 0.295. The zero-order valence-electron chi connectivity index (χ0n) is 19.0. The highest BCUT2D eigenvalue weighted by molar-refractivity contribution is 7.18. The summed E-state index contributed by atoms with van der Waals surface area (Å²) in [5.74, 6) is -2.93. The number of benzene rings is 2. The monoisotopic (exact) mass is 494 g/mol. The third-order valence-electron chi connectivity index (χ3n) is 5.05. The van der Waals surface area contributed by atoms with Gasteiger partial charge in [0.15, 0.2) is 0 Å². The summed E-state index contributed by atoms with van der Waals surface area (Å²) >= 11 is 1.07. The highest BCUT2D eigenvalue weighted by Crippen LogP contribution is 2.21. The van der Waals surface area contributed by atoms with Gasteiger partial charge in [0, 0.05) is 13.1 Å². The summed E-state index contributed by atoms with van der Waals surface area (Å²) in [6.45, 7) is 1.86. The van der Waals surface area contributed by atoms with Crippen molar-refractivity contribution < 1.29 is 24.3 Å². The van der Waals surface area contributed by atoms with E-state index in [2.05, 4.69) is 21.3 Å². The average Bonchev–Trinajstić information content (AvgIpc) is 3.31. The van der Waals surface area contributed by atoms with Crippen LogP contribution in [0.3, 0.4) is 0 Å². The molecule has 1 aromatic heterocycles. The first-order valence-electron chi connectivity index (χ1n) is 10.8. The Hall–Kier alpha value is -4.18. The van der Waals surface area contributed by atoms with E-state index in [0.717, 1.165) is 22.5 Å². The van der Waals surface area contributed by atoms with Crippen LogP contribution in [-0.4, -0.2) is 42.0 Å². The van der Waals surface area contributed by atoms with Crippen molar-refractivity contribution in [2.45, 2.75) is 19.4 Å². The van der Waals surface area contributed by atoms with Gasteiger partial charge >= 0.3 is 12.0 Å². The van der Waals surface area contributed by atoms with Crippen LogP contribution >= 0.6 is 11.3 Å². The maximum atomic E-state index is 12.4. The lowest BCUT2D eigenvalue weighted by molar-refractivity contribution is -0.138. The molecule has 0 saturated carbocycles. The van der Waals surface area contributed by atoms with Gasteiger partial charge in [-0.2, -0.15) is 0 Å². The Kier molecular flexibility index (Phi) is 8.96. The standard InChI is InChI=1S/C25H26N4O5S/c1-16-7-9-18(10-8-16)19(24(32)33)14-26-21(30)15-27-23(31)20-11-12-22(35-20)29-25(34)28-13-17-5-3-2-4-6-17/h2-12,19H,13-15H2,1H3,(H,26,30)(H,27,31)(H,32,33)(H2,28,29,34). The van der Waals surface area contributed by atoms with Crippen LogP contribution in [0.2, 0.25) is 0 Å². The average molecular weight is 495 g/mol. The van der Waals surface area contributed by atoms with Gasteiger partial charge in [-0.1, -0.05) is 60.2 Å². The normalized spacial score (nSPS) is 11.2. The Balaban J connectivity index is 1.42. The molecule has 5 N–H and O–H groups in total. The van der Waals surface area contributed by atoms with E-state index in [4.69, 9.17) is 0 Å². The Labute approximate surface area is 206 Å². The molecule has 0 saturated heterocycles. The van der Waals surface area contributed by atoms with Crippen molar-refractivity contribution in [1.82, 2.24) is 16.0 Å². The topological polar surface area (TPSA) is 137 Å². The molecule has 3 rings (SSSR count). The maximum absolute atomic E-state index is 12.4. The summed E-state index contributed by atoms with van der Waals surface area (Å²) in [6.07, 6.45) is 0. The number of amides is 4. The van der Waals surface area contributed by atoms with Crippen molar-refractivity contribution >= 4 is 40.2 Å².